The molecule has 140 valence electrons. The highest BCUT2D eigenvalue weighted by atomic mass is 16.5. The monoisotopic (exact) mass is 359 g/mol. The van der Waals surface area contributed by atoms with E-state index in [0.29, 0.717) is 25.3 Å². The van der Waals surface area contributed by atoms with Crippen LogP contribution in [0.5, 0.6) is 5.75 Å². The molecule has 1 aromatic heterocycles. The number of β-amino-alcohol motifs (C(OH)–C–C–N with tert-alkyl or cyclic N) is 1. The fourth-order valence-electron chi connectivity index (χ4n) is 2.96. The van der Waals surface area contributed by atoms with Crippen molar-refractivity contribution in [2.75, 3.05) is 19.6 Å². The molecule has 2 aromatic rings. The number of carbonyl (C=O) groups excluding carboxylic acids is 1. The quantitative estimate of drug-likeness (QED) is 0.701. The molecular weight excluding hydrogens is 334 g/mol. The molecule has 3 rings (SSSR count). The van der Waals surface area contributed by atoms with Crippen LogP contribution in [0.4, 0.5) is 0 Å². The molecule has 0 aliphatic carbocycles. The van der Waals surface area contributed by atoms with Gasteiger partial charge in [0.15, 0.2) is 5.69 Å². The zero-order valence-corrected chi connectivity index (χ0v) is 15.3. The molecule has 26 heavy (non-hydrogen) atoms. The van der Waals surface area contributed by atoms with Crippen molar-refractivity contribution in [3.8, 4) is 11.4 Å². The van der Waals surface area contributed by atoms with Crippen molar-refractivity contribution in [3.05, 3.63) is 35.7 Å². The van der Waals surface area contributed by atoms with Crippen molar-refractivity contribution in [3.63, 3.8) is 0 Å². The Kier molecular flexibility index (Phi) is 5.53. The van der Waals surface area contributed by atoms with E-state index >= 15 is 0 Å². The summed E-state index contributed by atoms with van der Waals surface area (Å²) in [7, 11) is 0. The molecule has 0 saturated carbocycles. The second-order valence-corrected chi connectivity index (χ2v) is 6.79. The zero-order chi connectivity index (χ0) is 18.7. The van der Waals surface area contributed by atoms with E-state index in [4.69, 9.17) is 4.74 Å². The highest BCUT2D eigenvalue weighted by Crippen LogP contribution is 2.18. The number of nitrogens with zero attached hydrogens (tertiary/aromatic N) is 3. The van der Waals surface area contributed by atoms with Crippen molar-refractivity contribution in [1.82, 2.24) is 25.6 Å². The Morgan fingerprint density at radius 2 is 2.12 bits per heavy atom. The van der Waals surface area contributed by atoms with Crippen molar-refractivity contribution in [1.29, 1.82) is 0 Å². The molecule has 2 heterocycles. The molecule has 1 aliphatic rings. The highest BCUT2D eigenvalue weighted by Gasteiger charge is 2.26. The first kappa shape index (κ1) is 18.3. The maximum atomic E-state index is 12.4. The lowest BCUT2D eigenvalue weighted by Crippen LogP contribution is -2.34. The lowest BCUT2D eigenvalue weighted by molar-refractivity contribution is 0.0921. The summed E-state index contributed by atoms with van der Waals surface area (Å²) in [6.45, 7) is 7.41. The minimum Gasteiger partial charge on any atom is -0.491 e. The van der Waals surface area contributed by atoms with E-state index < -0.39 is 6.10 Å². The SMILES string of the molecule is Cc1c(C(=O)NCC2CNCC2O)nnn1-c1ccc(OC(C)C)cc1. The lowest BCUT2D eigenvalue weighted by atomic mass is 10.1. The van der Waals surface area contributed by atoms with Gasteiger partial charge in [0.1, 0.15) is 5.75 Å². The normalized spacial score (nSPS) is 19.7. The van der Waals surface area contributed by atoms with Gasteiger partial charge in [0.2, 0.25) is 0 Å². The number of carbonyl (C=O) groups is 1. The van der Waals surface area contributed by atoms with Gasteiger partial charge < -0.3 is 20.5 Å². The molecular formula is C18H25N5O3. The van der Waals surface area contributed by atoms with E-state index in [0.717, 1.165) is 11.4 Å². The van der Waals surface area contributed by atoms with Crippen LogP contribution in [0.3, 0.4) is 0 Å². The van der Waals surface area contributed by atoms with Gasteiger partial charge in [-0.25, -0.2) is 4.68 Å². The van der Waals surface area contributed by atoms with E-state index in [1.54, 1.807) is 11.6 Å². The largest absolute Gasteiger partial charge is 0.491 e. The van der Waals surface area contributed by atoms with Gasteiger partial charge in [0.05, 0.1) is 23.6 Å². The molecule has 1 aromatic carbocycles. The summed E-state index contributed by atoms with van der Waals surface area (Å²) in [5, 5.41) is 23.8. The maximum Gasteiger partial charge on any atom is 0.273 e. The Labute approximate surface area is 152 Å². The second-order valence-electron chi connectivity index (χ2n) is 6.79. The number of hydrogen-bond donors (Lipinski definition) is 3. The summed E-state index contributed by atoms with van der Waals surface area (Å²) in [5.41, 5.74) is 1.75. The number of nitrogens with one attached hydrogen (secondary N) is 2. The number of aliphatic hydroxyl groups is 1. The van der Waals surface area contributed by atoms with Crippen molar-refractivity contribution >= 4 is 5.91 Å². The third-order valence-corrected chi connectivity index (χ3v) is 4.39. The van der Waals surface area contributed by atoms with Gasteiger partial charge in [0.25, 0.3) is 5.91 Å². The average molecular weight is 359 g/mol. The van der Waals surface area contributed by atoms with E-state index in [-0.39, 0.29) is 23.6 Å². The van der Waals surface area contributed by atoms with Gasteiger partial charge in [0, 0.05) is 25.6 Å². The Bertz CT molecular complexity index is 757. The van der Waals surface area contributed by atoms with Crippen LogP contribution in [-0.2, 0) is 0 Å². The molecule has 2 unspecified atom stereocenters. The summed E-state index contributed by atoms with van der Waals surface area (Å²) in [5.74, 6) is 0.513. The maximum absolute atomic E-state index is 12.4. The molecule has 2 atom stereocenters. The molecule has 8 nitrogen and oxygen atoms in total. The minimum absolute atomic E-state index is 0.0165. The fourth-order valence-corrected chi connectivity index (χ4v) is 2.96. The van der Waals surface area contributed by atoms with Crippen molar-refractivity contribution in [2.24, 2.45) is 5.92 Å². The number of hydrogen-bond acceptors (Lipinski definition) is 6. The number of ether oxygens (including phenoxy) is 1. The van der Waals surface area contributed by atoms with E-state index in [1.165, 1.54) is 0 Å². The van der Waals surface area contributed by atoms with Crippen LogP contribution in [-0.4, -0.2) is 57.8 Å². The third kappa shape index (κ3) is 4.03. The second kappa shape index (κ2) is 7.84. The first-order valence-electron chi connectivity index (χ1n) is 8.82. The topological polar surface area (TPSA) is 101 Å². The summed E-state index contributed by atoms with van der Waals surface area (Å²) >= 11 is 0. The number of benzene rings is 1. The summed E-state index contributed by atoms with van der Waals surface area (Å²) < 4.78 is 7.26. The minimum atomic E-state index is -0.432. The lowest BCUT2D eigenvalue weighted by Gasteiger charge is -2.13. The zero-order valence-electron chi connectivity index (χ0n) is 15.3. The molecule has 0 radical (unpaired) electrons. The highest BCUT2D eigenvalue weighted by molar-refractivity contribution is 5.93. The molecule has 1 saturated heterocycles. The van der Waals surface area contributed by atoms with Crippen molar-refractivity contribution in [2.45, 2.75) is 33.0 Å². The number of aliphatic hydroxyl groups excluding tert-OH is 1. The fraction of sp³-hybridized carbons (Fsp3) is 0.500. The average Bonchev–Trinajstić information content (AvgIpc) is 3.19. The smallest absolute Gasteiger partial charge is 0.273 e. The van der Waals surface area contributed by atoms with Gasteiger partial charge in [-0.05, 0) is 45.0 Å². The van der Waals surface area contributed by atoms with Crippen molar-refractivity contribution < 1.29 is 14.6 Å². The predicted octanol–water partition coefficient (Wildman–Crippen LogP) is 0.673. The summed E-state index contributed by atoms with van der Waals surface area (Å²) in [4.78, 5) is 12.4. The van der Waals surface area contributed by atoms with Crippen LogP contribution in [0.25, 0.3) is 5.69 Å². The van der Waals surface area contributed by atoms with Crippen LogP contribution in [0.15, 0.2) is 24.3 Å². The molecule has 0 bridgehead atoms. The van der Waals surface area contributed by atoms with Crippen LogP contribution in [0, 0.1) is 12.8 Å². The Balaban J connectivity index is 1.68. The first-order valence-corrected chi connectivity index (χ1v) is 8.82. The van der Waals surface area contributed by atoms with Gasteiger partial charge >= 0.3 is 0 Å². The number of amides is 1. The number of aromatic nitrogens is 3. The summed E-state index contributed by atoms with van der Waals surface area (Å²) in [6, 6.07) is 7.48. The molecule has 1 aliphatic heterocycles. The van der Waals surface area contributed by atoms with E-state index in [1.807, 2.05) is 38.1 Å². The Morgan fingerprint density at radius 3 is 2.73 bits per heavy atom. The summed E-state index contributed by atoms with van der Waals surface area (Å²) in [6.07, 6.45) is -0.323. The van der Waals surface area contributed by atoms with Gasteiger partial charge in [-0.15, -0.1) is 5.10 Å². The van der Waals surface area contributed by atoms with Crippen LogP contribution < -0.4 is 15.4 Å². The predicted molar refractivity (Wildman–Crippen MR) is 96.6 cm³/mol. The molecule has 1 fully saturated rings. The standard InChI is InChI=1S/C18H25N5O3/c1-11(2)26-15-6-4-14(5-7-15)23-12(3)17(21-22-23)18(25)20-9-13-8-19-10-16(13)24/h4-7,11,13,16,19,24H,8-10H2,1-3H3,(H,20,25). The van der Waals surface area contributed by atoms with Gasteiger partial charge in [-0.2, -0.15) is 0 Å². The van der Waals surface area contributed by atoms with E-state index in [9.17, 15) is 9.90 Å². The molecule has 3 N–H and O–H groups in total. The first-order chi connectivity index (χ1) is 12.5. The van der Waals surface area contributed by atoms with E-state index in [2.05, 4.69) is 20.9 Å². The molecule has 1 amide bonds. The van der Waals surface area contributed by atoms with Crippen LogP contribution in [0.1, 0.15) is 30.0 Å². The molecule has 8 heteroatoms. The Morgan fingerprint density at radius 1 is 1.38 bits per heavy atom. The van der Waals surface area contributed by atoms with Crippen LogP contribution >= 0.6 is 0 Å². The van der Waals surface area contributed by atoms with Crippen LogP contribution in [0.2, 0.25) is 0 Å². The van der Waals surface area contributed by atoms with Gasteiger partial charge in [-0.1, -0.05) is 5.21 Å². The molecule has 0 spiro atoms. The number of rotatable bonds is 6. The third-order valence-electron chi connectivity index (χ3n) is 4.39. The Hall–Kier alpha value is -2.45. The van der Waals surface area contributed by atoms with Gasteiger partial charge in [-0.3, -0.25) is 4.79 Å².